The third kappa shape index (κ3) is 3.55. The summed E-state index contributed by atoms with van der Waals surface area (Å²) in [7, 11) is 1.92. The van der Waals surface area contributed by atoms with E-state index in [0.29, 0.717) is 10.8 Å². The van der Waals surface area contributed by atoms with E-state index in [9.17, 15) is 0 Å². The van der Waals surface area contributed by atoms with Crippen LogP contribution in [0.4, 0.5) is 5.82 Å². The molecule has 0 amide bonds. The van der Waals surface area contributed by atoms with E-state index in [1.54, 1.807) is 6.20 Å². The van der Waals surface area contributed by atoms with Gasteiger partial charge in [-0.3, -0.25) is 0 Å². The second kappa shape index (κ2) is 6.20. The topological polar surface area (TPSA) is 50.9 Å². The lowest BCUT2D eigenvalue weighted by Crippen LogP contribution is -2.20. The molecule has 5 heteroatoms. The molecule has 1 heterocycles. The van der Waals surface area contributed by atoms with Gasteiger partial charge in [-0.15, -0.1) is 0 Å². The van der Waals surface area contributed by atoms with Crippen LogP contribution in [0, 0.1) is 0 Å². The number of aromatic nitrogens is 1. The fraction of sp³-hybridized carbons (Fsp3) is 0.500. The van der Waals surface area contributed by atoms with E-state index in [0.717, 1.165) is 17.1 Å². The number of halogens is 1. The van der Waals surface area contributed by atoms with E-state index >= 15 is 0 Å². The Kier molecular flexibility index (Phi) is 5.22. The number of nitrogen functional groups attached to an aromatic ring is 1. The van der Waals surface area contributed by atoms with Crippen molar-refractivity contribution in [2.45, 2.75) is 13.0 Å². The molecule has 1 aromatic heterocycles. The van der Waals surface area contributed by atoms with Crippen LogP contribution in [-0.2, 0) is 0 Å². The second-order valence-electron chi connectivity index (χ2n) is 3.13. The fourth-order valence-electron chi connectivity index (χ4n) is 1.31. The minimum Gasteiger partial charge on any atom is -0.383 e. The molecule has 0 radical (unpaired) electrons. The third-order valence-corrected chi connectivity index (χ3v) is 3.31. The van der Waals surface area contributed by atoms with Crippen LogP contribution in [0.1, 0.15) is 18.5 Å². The normalized spacial score (nSPS) is 12.7. The van der Waals surface area contributed by atoms with Crippen LogP contribution < -0.4 is 11.1 Å². The van der Waals surface area contributed by atoms with Crippen molar-refractivity contribution in [1.82, 2.24) is 10.3 Å². The Morgan fingerprint density at radius 3 is 3.00 bits per heavy atom. The quantitative estimate of drug-likeness (QED) is 0.836. The van der Waals surface area contributed by atoms with E-state index < -0.39 is 0 Å². The highest BCUT2D eigenvalue weighted by Gasteiger charge is 2.13. The van der Waals surface area contributed by atoms with Crippen molar-refractivity contribution < 1.29 is 0 Å². The van der Waals surface area contributed by atoms with Gasteiger partial charge in [-0.1, -0.05) is 18.5 Å². The standard InChI is InChI=1S/C10H16ClN3S/c1-3-15-6-9(13-2)8-4-7(11)5-14-10(8)12/h4-5,9,13H,3,6H2,1-2H3,(H2,12,14). The highest BCUT2D eigenvalue weighted by molar-refractivity contribution is 7.99. The zero-order valence-electron chi connectivity index (χ0n) is 8.96. The first kappa shape index (κ1) is 12.6. The van der Waals surface area contributed by atoms with Gasteiger partial charge in [-0.25, -0.2) is 4.98 Å². The number of nitrogens with zero attached hydrogens (tertiary/aromatic N) is 1. The molecule has 0 aliphatic carbocycles. The Labute approximate surface area is 99.8 Å². The smallest absolute Gasteiger partial charge is 0.128 e. The number of rotatable bonds is 5. The molecule has 1 atom stereocenters. The largest absolute Gasteiger partial charge is 0.383 e. The second-order valence-corrected chi connectivity index (χ2v) is 4.88. The summed E-state index contributed by atoms with van der Waals surface area (Å²) in [5.74, 6) is 2.61. The van der Waals surface area contributed by atoms with E-state index in [4.69, 9.17) is 17.3 Å². The van der Waals surface area contributed by atoms with Gasteiger partial charge in [0.1, 0.15) is 5.82 Å². The van der Waals surface area contributed by atoms with E-state index in [-0.39, 0.29) is 6.04 Å². The summed E-state index contributed by atoms with van der Waals surface area (Å²) in [5.41, 5.74) is 6.80. The van der Waals surface area contributed by atoms with Gasteiger partial charge >= 0.3 is 0 Å². The SMILES string of the molecule is CCSCC(NC)c1cc(Cl)cnc1N. The molecule has 1 rings (SSSR count). The summed E-state index contributed by atoms with van der Waals surface area (Å²) < 4.78 is 0. The number of nitrogens with two attached hydrogens (primary N) is 1. The molecule has 15 heavy (non-hydrogen) atoms. The van der Waals surface area contributed by atoms with Crippen molar-refractivity contribution in [3.8, 4) is 0 Å². The van der Waals surface area contributed by atoms with Gasteiger partial charge < -0.3 is 11.1 Å². The number of hydrogen-bond donors (Lipinski definition) is 2. The summed E-state index contributed by atoms with van der Waals surface area (Å²) in [6.07, 6.45) is 1.57. The minimum atomic E-state index is 0.209. The summed E-state index contributed by atoms with van der Waals surface area (Å²) >= 11 is 7.76. The Morgan fingerprint density at radius 1 is 1.67 bits per heavy atom. The van der Waals surface area contributed by atoms with Gasteiger partial charge in [0.2, 0.25) is 0 Å². The van der Waals surface area contributed by atoms with Crippen molar-refractivity contribution in [2.75, 3.05) is 24.3 Å². The summed E-state index contributed by atoms with van der Waals surface area (Å²) in [6.45, 7) is 2.14. The van der Waals surface area contributed by atoms with Gasteiger partial charge in [0.05, 0.1) is 5.02 Å². The molecule has 0 saturated carbocycles. The Balaban J connectivity index is 2.85. The van der Waals surface area contributed by atoms with Gasteiger partial charge in [-0.2, -0.15) is 11.8 Å². The van der Waals surface area contributed by atoms with Crippen molar-refractivity contribution in [1.29, 1.82) is 0 Å². The molecule has 0 fully saturated rings. The first-order valence-electron chi connectivity index (χ1n) is 4.85. The molecule has 0 bridgehead atoms. The molecule has 0 aliphatic rings. The molecule has 1 unspecified atom stereocenters. The maximum atomic E-state index is 5.90. The van der Waals surface area contributed by atoms with E-state index in [2.05, 4.69) is 17.2 Å². The van der Waals surface area contributed by atoms with Gasteiger partial charge in [0.15, 0.2) is 0 Å². The van der Waals surface area contributed by atoms with Gasteiger partial charge in [-0.05, 0) is 18.9 Å². The molecular weight excluding hydrogens is 230 g/mol. The number of anilines is 1. The number of nitrogens with one attached hydrogen (secondary N) is 1. The molecule has 0 spiro atoms. The van der Waals surface area contributed by atoms with Crippen molar-refractivity contribution >= 4 is 29.2 Å². The maximum Gasteiger partial charge on any atom is 0.128 e. The molecule has 1 aromatic rings. The molecule has 84 valence electrons. The van der Waals surface area contributed by atoms with E-state index in [1.165, 1.54) is 0 Å². The van der Waals surface area contributed by atoms with Crippen molar-refractivity contribution in [3.63, 3.8) is 0 Å². The predicted molar refractivity (Wildman–Crippen MR) is 68.5 cm³/mol. The monoisotopic (exact) mass is 245 g/mol. The predicted octanol–water partition coefficient (Wildman–Crippen LogP) is 2.33. The fourth-order valence-corrected chi connectivity index (χ4v) is 2.29. The molecular formula is C10H16ClN3S. The van der Waals surface area contributed by atoms with Crippen molar-refractivity contribution in [3.05, 3.63) is 22.8 Å². The Bertz CT molecular complexity index is 320. The average molecular weight is 246 g/mol. The Morgan fingerprint density at radius 2 is 2.40 bits per heavy atom. The van der Waals surface area contributed by atoms with Crippen LogP contribution in [0.15, 0.2) is 12.3 Å². The average Bonchev–Trinajstić information content (AvgIpc) is 2.24. The van der Waals surface area contributed by atoms with Crippen LogP contribution in [0.5, 0.6) is 0 Å². The number of thioether (sulfide) groups is 1. The summed E-state index contributed by atoms with van der Waals surface area (Å²) in [4.78, 5) is 4.05. The van der Waals surface area contributed by atoms with Gasteiger partial charge in [0.25, 0.3) is 0 Å². The van der Waals surface area contributed by atoms with Crippen LogP contribution >= 0.6 is 23.4 Å². The zero-order chi connectivity index (χ0) is 11.3. The molecule has 3 N–H and O–H groups in total. The lowest BCUT2D eigenvalue weighted by atomic mass is 10.1. The third-order valence-electron chi connectivity index (χ3n) is 2.13. The molecule has 3 nitrogen and oxygen atoms in total. The molecule has 0 aromatic carbocycles. The van der Waals surface area contributed by atoms with Crippen LogP contribution in [0.3, 0.4) is 0 Å². The lowest BCUT2D eigenvalue weighted by molar-refractivity contribution is 0.661. The van der Waals surface area contributed by atoms with Crippen LogP contribution in [0.25, 0.3) is 0 Å². The maximum absolute atomic E-state index is 5.90. The van der Waals surface area contributed by atoms with Crippen molar-refractivity contribution in [2.24, 2.45) is 0 Å². The highest BCUT2D eigenvalue weighted by atomic mass is 35.5. The number of hydrogen-bond acceptors (Lipinski definition) is 4. The first-order chi connectivity index (χ1) is 7.19. The molecule has 0 aliphatic heterocycles. The van der Waals surface area contributed by atoms with Crippen LogP contribution in [0.2, 0.25) is 5.02 Å². The lowest BCUT2D eigenvalue weighted by Gasteiger charge is -2.17. The van der Waals surface area contributed by atoms with Gasteiger partial charge in [0, 0.05) is 23.6 Å². The summed E-state index contributed by atoms with van der Waals surface area (Å²) in [6, 6.07) is 2.09. The minimum absolute atomic E-state index is 0.209. The first-order valence-corrected chi connectivity index (χ1v) is 6.38. The number of pyridine rings is 1. The molecule has 0 saturated heterocycles. The zero-order valence-corrected chi connectivity index (χ0v) is 10.5. The highest BCUT2D eigenvalue weighted by Crippen LogP contribution is 2.24. The van der Waals surface area contributed by atoms with E-state index in [1.807, 2.05) is 24.9 Å². The summed E-state index contributed by atoms with van der Waals surface area (Å²) in [5, 5.41) is 3.85. The van der Waals surface area contributed by atoms with Crippen LogP contribution in [-0.4, -0.2) is 23.5 Å². The Hall–Kier alpha value is -0.450.